The fourth-order valence-corrected chi connectivity index (χ4v) is 7.07. The van der Waals surface area contributed by atoms with Crippen LogP contribution in [-0.2, 0) is 18.0 Å². The molecule has 5 N–H and O–H groups in total. The van der Waals surface area contributed by atoms with Gasteiger partial charge in [0.1, 0.15) is 6.04 Å². The molecule has 1 aromatic carbocycles. The molecule has 14 nitrogen and oxygen atoms in total. The van der Waals surface area contributed by atoms with Crippen molar-refractivity contribution >= 4 is 41.6 Å². The van der Waals surface area contributed by atoms with Crippen LogP contribution in [0.1, 0.15) is 58.4 Å². The Morgan fingerprint density at radius 2 is 1.78 bits per heavy atom. The van der Waals surface area contributed by atoms with Crippen LogP contribution >= 0.6 is 11.6 Å². The molecular weight excluding hydrogens is 711 g/mol. The molecule has 20 heteroatoms. The first-order valence-corrected chi connectivity index (χ1v) is 16.2. The zero-order valence-corrected chi connectivity index (χ0v) is 27.5. The molecule has 3 saturated carbocycles. The number of anilines is 1. The minimum atomic E-state index is -4.95. The maximum Gasteiger partial charge on any atom is 0.435 e. The smallest absolute Gasteiger partial charge is 0.435 e. The number of amides is 4. The number of imidazole rings is 1. The van der Waals surface area contributed by atoms with Crippen molar-refractivity contribution in [1.82, 2.24) is 34.9 Å². The van der Waals surface area contributed by atoms with Crippen LogP contribution in [0.5, 0.6) is 0 Å². The lowest BCUT2D eigenvalue weighted by molar-refractivity contribution is -0.141. The number of carboxylic acid groups (broad SMARTS) is 1. The van der Waals surface area contributed by atoms with Gasteiger partial charge < -0.3 is 35.6 Å². The summed E-state index contributed by atoms with van der Waals surface area (Å²) in [6.45, 7) is 0.601. The Kier molecular flexibility index (Phi) is 9.47. The van der Waals surface area contributed by atoms with Crippen molar-refractivity contribution in [3.8, 4) is 11.3 Å². The van der Waals surface area contributed by atoms with Gasteiger partial charge in [-0.3, -0.25) is 19.1 Å². The van der Waals surface area contributed by atoms with E-state index in [1.54, 1.807) is 4.90 Å². The molecule has 4 aliphatic rings. The van der Waals surface area contributed by atoms with E-state index in [1.807, 2.05) is 0 Å². The first-order chi connectivity index (χ1) is 24.0. The lowest BCUT2D eigenvalue weighted by Gasteiger charge is -2.22. The number of rotatable bonds is 7. The van der Waals surface area contributed by atoms with E-state index in [0.29, 0.717) is 24.2 Å². The standard InChI is InChI=1S/C30H30ClF5N8O4.CH2O2/c1-42-20(17-12-44(22-8-29(22,32)33)41-24(17)30(34,35)36)9-37-25(42)26(46)38-13-5-6-14(18(31)7-13)27(47)43-10-15-16(11-43)23(15)40-28(48)39-19-3-2-4-21(19)45;2-1-3/h5-7,9,12,15-16,19,21-23,45H,2-4,8,10-11H2,1H3,(H,38,46)(H2,39,40,48);1H,(H,2,3)/t15?,16?,19-,21-,22?,23?;/m0./s1. The molecule has 0 spiro atoms. The van der Waals surface area contributed by atoms with Crippen LogP contribution < -0.4 is 16.0 Å². The fraction of sp³-hybridized carbons (Fsp3) is 0.484. The molecule has 0 radical (unpaired) electrons. The number of carbonyl (C=O) groups excluding carboxylic acids is 3. The molecular formula is C31H32ClF5N8O6. The van der Waals surface area contributed by atoms with Crippen molar-refractivity contribution < 1.29 is 51.3 Å². The zero-order chi connectivity index (χ0) is 37.0. The van der Waals surface area contributed by atoms with E-state index in [4.69, 9.17) is 21.5 Å². The number of hydrogen-bond donors (Lipinski definition) is 5. The third-order valence-corrected chi connectivity index (χ3v) is 9.92. The number of likely N-dealkylation sites (tertiary alicyclic amines) is 1. The van der Waals surface area contributed by atoms with E-state index >= 15 is 0 Å². The highest BCUT2D eigenvalue weighted by Crippen LogP contribution is 2.53. The van der Waals surface area contributed by atoms with Crippen molar-refractivity contribution in [3.05, 3.63) is 52.7 Å². The van der Waals surface area contributed by atoms with Crippen molar-refractivity contribution in [2.45, 2.75) is 62.0 Å². The Hall–Kier alpha value is -4.78. The number of carbonyl (C=O) groups is 4. The number of nitrogens with one attached hydrogen (secondary N) is 3. The van der Waals surface area contributed by atoms with Crippen LogP contribution in [0.4, 0.5) is 32.4 Å². The summed E-state index contributed by atoms with van der Waals surface area (Å²) in [5.41, 5.74) is -1.64. The lowest BCUT2D eigenvalue weighted by Crippen LogP contribution is -2.47. The molecule has 1 aliphatic heterocycles. The topological polar surface area (TPSA) is 184 Å². The molecule has 274 valence electrons. The van der Waals surface area contributed by atoms with Gasteiger partial charge in [-0.1, -0.05) is 11.6 Å². The molecule has 3 unspecified atom stereocenters. The third kappa shape index (κ3) is 7.21. The van der Waals surface area contributed by atoms with Crippen molar-refractivity contribution in [1.29, 1.82) is 0 Å². The summed E-state index contributed by atoms with van der Waals surface area (Å²) in [6.07, 6.45) is -1.96. The van der Waals surface area contributed by atoms with E-state index in [-0.39, 0.29) is 70.1 Å². The minimum absolute atomic E-state index is 0.0576. The summed E-state index contributed by atoms with van der Waals surface area (Å²) in [6, 6.07) is 2.13. The molecule has 4 amide bonds. The van der Waals surface area contributed by atoms with E-state index in [1.165, 1.54) is 25.2 Å². The SMILES string of the molecule is Cn1c(-c2cn(C3CC3(F)F)nc2C(F)(F)F)cnc1C(=O)Nc1ccc(C(=O)N2CC3C(C2)C3NC(=O)N[C@H]2CCC[C@@H]2O)c(Cl)c1.O=CO. The highest BCUT2D eigenvalue weighted by atomic mass is 35.5. The number of aromatic nitrogens is 4. The number of fused-ring (bicyclic) bond motifs is 1. The Bertz CT molecular complexity index is 1860. The fourth-order valence-electron chi connectivity index (χ4n) is 6.80. The monoisotopic (exact) mass is 742 g/mol. The van der Waals surface area contributed by atoms with Gasteiger partial charge in [-0.25, -0.2) is 18.6 Å². The van der Waals surface area contributed by atoms with Gasteiger partial charge >= 0.3 is 12.2 Å². The van der Waals surface area contributed by atoms with Gasteiger partial charge in [-0.2, -0.15) is 18.3 Å². The molecule has 2 aromatic heterocycles. The second-order valence-corrected chi connectivity index (χ2v) is 13.3. The van der Waals surface area contributed by atoms with Crippen LogP contribution in [0, 0.1) is 11.8 Å². The molecule has 0 bridgehead atoms. The number of aliphatic hydroxyl groups is 1. The molecule has 3 heterocycles. The molecule has 4 fully saturated rings. The largest absolute Gasteiger partial charge is 0.483 e. The average Bonchev–Trinajstić information content (AvgIpc) is 3.50. The predicted molar refractivity (Wildman–Crippen MR) is 168 cm³/mol. The van der Waals surface area contributed by atoms with Crippen LogP contribution in [0.25, 0.3) is 11.3 Å². The quantitative estimate of drug-likeness (QED) is 0.179. The number of alkyl halides is 5. The molecule has 7 rings (SSSR count). The van der Waals surface area contributed by atoms with Crippen molar-refractivity contribution in [2.24, 2.45) is 18.9 Å². The van der Waals surface area contributed by atoms with Crippen LogP contribution in [0.15, 0.2) is 30.6 Å². The van der Waals surface area contributed by atoms with Crippen LogP contribution in [0.3, 0.4) is 0 Å². The highest BCUT2D eigenvalue weighted by molar-refractivity contribution is 6.34. The van der Waals surface area contributed by atoms with Crippen molar-refractivity contribution in [2.75, 3.05) is 18.4 Å². The Morgan fingerprint density at radius 1 is 1.12 bits per heavy atom. The predicted octanol–water partition coefficient (Wildman–Crippen LogP) is 3.77. The van der Waals surface area contributed by atoms with Crippen LogP contribution in [0.2, 0.25) is 5.02 Å². The number of benzene rings is 1. The van der Waals surface area contributed by atoms with Gasteiger partial charge in [0.25, 0.3) is 24.2 Å². The van der Waals surface area contributed by atoms with E-state index in [9.17, 15) is 41.4 Å². The number of urea groups is 1. The maximum atomic E-state index is 13.8. The molecule has 5 atom stereocenters. The Balaban J connectivity index is 0.00000144. The number of halogens is 6. The third-order valence-electron chi connectivity index (χ3n) is 9.61. The van der Waals surface area contributed by atoms with E-state index < -0.39 is 47.8 Å². The summed E-state index contributed by atoms with van der Waals surface area (Å²) >= 11 is 6.42. The number of nitrogens with zero attached hydrogens (tertiary/aromatic N) is 5. The first kappa shape index (κ1) is 36.0. The average molecular weight is 743 g/mol. The Morgan fingerprint density at radius 3 is 2.35 bits per heavy atom. The van der Waals surface area contributed by atoms with Gasteiger partial charge in [-0.15, -0.1) is 0 Å². The molecule has 51 heavy (non-hydrogen) atoms. The number of aliphatic hydroxyl groups excluding tert-OH is 1. The number of piperidine rings is 1. The van der Waals surface area contributed by atoms with Crippen molar-refractivity contribution in [3.63, 3.8) is 0 Å². The van der Waals surface area contributed by atoms with Gasteiger partial charge in [0, 0.05) is 56.3 Å². The zero-order valence-electron chi connectivity index (χ0n) is 26.7. The van der Waals surface area contributed by atoms with Crippen LogP contribution in [-0.4, -0.2) is 96.0 Å². The summed E-state index contributed by atoms with van der Waals surface area (Å²) in [4.78, 5) is 52.6. The van der Waals surface area contributed by atoms with Gasteiger partial charge in [0.2, 0.25) is 0 Å². The summed E-state index contributed by atoms with van der Waals surface area (Å²) < 4.78 is 70.1. The lowest BCUT2D eigenvalue weighted by atomic mass is 10.1. The first-order valence-electron chi connectivity index (χ1n) is 15.8. The highest BCUT2D eigenvalue weighted by Gasteiger charge is 2.60. The van der Waals surface area contributed by atoms with Gasteiger partial charge in [0.05, 0.1) is 40.2 Å². The second-order valence-electron chi connectivity index (χ2n) is 12.9. The summed E-state index contributed by atoms with van der Waals surface area (Å²) in [5.74, 6) is -4.33. The summed E-state index contributed by atoms with van der Waals surface area (Å²) in [7, 11) is 1.31. The summed E-state index contributed by atoms with van der Waals surface area (Å²) in [5, 5.41) is 28.6. The Labute approximate surface area is 290 Å². The van der Waals surface area contributed by atoms with Gasteiger partial charge in [0.15, 0.2) is 11.5 Å². The number of hydrogen-bond acceptors (Lipinski definition) is 7. The second kappa shape index (κ2) is 13.4. The normalized spacial score (nSPS) is 25.7. The molecule has 1 saturated heterocycles. The minimum Gasteiger partial charge on any atom is -0.483 e. The maximum absolute atomic E-state index is 13.8. The molecule has 3 aromatic rings. The van der Waals surface area contributed by atoms with E-state index in [2.05, 4.69) is 26.0 Å². The van der Waals surface area contributed by atoms with Gasteiger partial charge in [-0.05, 0) is 37.5 Å². The van der Waals surface area contributed by atoms with E-state index in [0.717, 1.165) is 29.8 Å². The molecule has 3 aliphatic carbocycles.